The molecule has 0 heterocycles. The summed E-state index contributed by atoms with van der Waals surface area (Å²) in [6.07, 6.45) is 3.90. The fourth-order valence-corrected chi connectivity index (χ4v) is 2.68. The number of carbonyl (C=O) groups excluding carboxylic acids is 1. The van der Waals surface area contributed by atoms with Crippen LogP contribution in [0.5, 0.6) is 0 Å². The Morgan fingerprint density at radius 1 is 0.875 bits per heavy atom. The van der Waals surface area contributed by atoms with Crippen LogP contribution in [-0.2, 0) is 4.79 Å². The maximum Gasteiger partial charge on any atom is 0.185 e. The minimum Gasteiger partial charge on any atom is -0.289 e. The van der Waals surface area contributed by atoms with Crippen LogP contribution in [0.4, 0.5) is 0 Å². The number of carbonyl (C=O) groups is 1. The molecule has 120 valence electrons. The Morgan fingerprint density at radius 3 is 1.71 bits per heavy atom. The first-order valence-electron chi connectivity index (χ1n) is 8.01. The highest BCUT2D eigenvalue weighted by molar-refractivity contribution is 6.13. The number of Topliss-reactive ketones (excluding diaryl/α,β-unsaturated/α-hetero) is 1. The Bertz CT molecular complexity index is 876. The minimum atomic E-state index is 0.0993. The first kappa shape index (κ1) is 17.4. The second kappa shape index (κ2) is 7.11. The van der Waals surface area contributed by atoms with Gasteiger partial charge in [0.15, 0.2) is 5.78 Å². The zero-order chi connectivity index (χ0) is 17.9. The van der Waals surface area contributed by atoms with Crippen LogP contribution >= 0.6 is 0 Å². The zero-order valence-corrected chi connectivity index (χ0v) is 14.4. The van der Waals surface area contributed by atoms with Crippen molar-refractivity contribution < 1.29 is 4.79 Å². The van der Waals surface area contributed by atoms with Crippen molar-refractivity contribution in [2.75, 3.05) is 0 Å². The molecule has 0 aliphatic heterocycles. The van der Waals surface area contributed by atoms with Crippen molar-refractivity contribution in [2.24, 2.45) is 11.8 Å². The first-order chi connectivity index (χ1) is 11.4. The third-order valence-electron chi connectivity index (χ3n) is 4.12. The maximum absolute atomic E-state index is 12.6. The summed E-state index contributed by atoms with van der Waals surface area (Å²) in [6.45, 7) is 8.09. The Morgan fingerprint density at radius 2 is 1.33 bits per heavy atom. The summed E-state index contributed by atoms with van der Waals surface area (Å²) in [5.41, 5.74) is 2.73. The van der Waals surface area contributed by atoms with Crippen molar-refractivity contribution in [1.82, 2.24) is 0 Å². The van der Waals surface area contributed by atoms with Crippen LogP contribution in [0, 0.1) is 34.5 Å². The summed E-state index contributed by atoms with van der Waals surface area (Å²) in [6, 6.07) is 11.1. The molecule has 0 bridgehead atoms. The normalized spacial score (nSPS) is 14.2. The summed E-state index contributed by atoms with van der Waals surface area (Å²) in [7, 11) is 0. The summed E-state index contributed by atoms with van der Waals surface area (Å²) in [5.74, 6) is 0.447. The molecular weight excluding hydrogens is 296 g/mol. The number of rotatable bonds is 2. The fourth-order valence-electron chi connectivity index (χ4n) is 2.68. The molecule has 0 N–H and O–H groups in total. The molecule has 0 fully saturated rings. The molecule has 0 radical (unpaired) electrons. The highest BCUT2D eigenvalue weighted by Crippen LogP contribution is 2.28. The summed E-state index contributed by atoms with van der Waals surface area (Å²) in [4.78, 5) is 12.6. The largest absolute Gasteiger partial charge is 0.289 e. The SMILES string of the molecule is CC(C)C1=CC(=c2ccc(=C(C#N)C#N)cc2)C=C(C(C)C)C1=O. The Kier molecular flexibility index (Phi) is 5.17. The molecular formula is C21H20N2O. The molecule has 1 aliphatic carbocycles. The number of benzene rings is 1. The van der Waals surface area contributed by atoms with Gasteiger partial charge >= 0.3 is 0 Å². The van der Waals surface area contributed by atoms with Crippen molar-refractivity contribution in [1.29, 1.82) is 10.5 Å². The van der Waals surface area contributed by atoms with E-state index < -0.39 is 0 Å². The van der Waals surface area contributed by atoms with E-state index in [1.54, 1.807) is 12.1 Å². The van der Waals surface area contributed by atoms with Gasteiger partial charge in [-0.05, 0) is 34.8 Å². The molecule has 3 nitrogen and oxygen atoms in total. The van der Waals surface area contributed by atoms with E-state index in [2.05, 4.69) is 0 Å². The predicted molar refractivity (Wildman–Crippen MR) is 94.6 cm³/mol. The summed E-state index contributed by atoms with van der Waals surface area (Å²) >= 11 is 0. The van der Waals surface area contributed by atoms with Gasteiger partial charge in [-0.2, -0.15) is 10.5 Å². The van der Waals surface area contributed by atoms with Gasteiger partial charge in [-0.15, -0.1) is 0 Å². The van der Waals surface area contributed by atoms with Crippen molar-refractivity contribution in [3.63, 3.8) is 0 Å². The lowest BCUT2D eigenvalue weighted by Crippen LogP contribution is -2.20. The van der Waals surface area contributed by atoms with E-state index in [-0.39, 0.29) is 23.2 Å². The number of nitriles is 2. The lowest BCUT2D eigenvalue weighted by atomic mass is 9.82. The number of hydrogen-bond donors (Lipinski definition) is 0. The van der Waals surface area contributed by atoms with Gasteiger partial charge in [0.1, 0.15) is 17.7 Å². The van der Waals surface area contributed by atoms with Gasteiger partial charge in [-0.1, -0.05) is 52.0 Å². The monoisotopic (exact) mass is 316 g/mol. The number of ketones is 1. The molecule has 0 unspecified atom stereocenters. The Hall–Kier alpha value is -2.91. The van der Waals surface area contributed by atoms with Gasteiger partial charge in [0.2, 0.25) is 0 Å². The Labute approximate surface area is 142 Å². The first-order valence-corrected chi connectivity index (χ1v) is 8.01. The second-order valence-corrected chi connectivity index (χ2v) is 6.47. The molecule has 0 saturated carbocycles. The quantitative estimate of drug-likeness (QED) is 0.842. The highest BCUT2D eigenvalue weighted by atomic mass is 16.1. The van der Waals surface area contributed by atoms with Crippen LogP contribution in [0.3, 0.4) is 0 Å². The van der Waals surface area contributed by atoms with Crippen molar-refractivity contribution >= 4 is 16.9 Å². The molecule has 0 aromatic heterocycles. The number of allylic oxidation sites excluding steroid dienone is 4. The summed E-state index contributed by atoms with van der Waals surface area (Å²) in [5, 5.41) is 19.5. The molecule has 0 amide bonds. The molecule has 1 aliphatic rings. The van der Waals surface area contributed by atoms with Crippen molar-refractivity contribution in [3.8, 4) is 12.1 Å². The van der Waals surface area contributed by atoms with Crippen LogP contribution in [0.2, 0.25) is 0 Å². The molecule has 24 heavy (non-hydrogen) atoms. The fraction of sp³-hybridized carbons (Fsp3) is 0.286. The van der Waals surface area contributed by atoms with E-state index in [4.69, 9.17) is 10.5 Å². The average molecular weight is 316 g/mol. The van der Waals surface area contributed by atoms with Gasteiger partial charge in [0, 0.05) is 16.4 Å². The lowest BCUT2D eigenvalue weighted by molar-refractivity contribution is -0.113. The molecule has 0 saturated heterocycles. The predicted octanol–water partition coefficient (Wildman–Crippen LogP) is 2.78. The highest BCUT2D eigenvalue weighted by Gasteiger charge is 2.24. The van der Waals surface area contributed by atoms with Gasteiger partial charge in [0.05, 0.1) is 0 Å². The minimum absolute atomic E-state index is 0.0993. The van der Waals surface area contributed by atoms with Crippen molar-refractivity contribution in [2.45, 2.75) is 27.7 Å². The molecule has 1 aromatic rings. The van der Waals surface area contributed by atoms with E-state index in [0.717, 1.165) is 21.9 Å². The third-order valence-corrected chi connectivity index (χ3v) is 4.12. The van der Waals surface area contributed by atoms with Gasteiger partial charge in [-0.3, -0.25) is 4.79 Å². The molecule has 2 rings (SSSR count). The van der Waals surface area contributed by atoms with Crippen molar-refractivity contribution in [3.05, 3.63) is 58.0 Å². The topological polar surface area (TPSA) is 64.7 Å². The second-order valence-electron chi connectivity index (χ2n) is 6.47. The van der Waals surface area contributed by atoms with Crippen LogP contribution in [0.15, 0.2) is 47.6 Å². The van der Waals surface area contributed by atoms with Crippen LogP contribution in [0.1, 0.15) is 27.7 Å². The van der Waals surface area contributed by atoms with Crippen LogP contribution in [0.25, 0.3) is 11.1 Å². The van der Waals surface area contributed by atoms with Gasteiger partial charge < -0.3 is 0 Å². The molecule has 3 heteroatoms. The lowest BCUT2D eigenvalue weighted by Gasteiger charge is -2.20. The molecule has 0 atom stereocenters. The maximum atomic E-state index is 12.6. The van der Waals surface area contributed by atoms with E-state index in [9.17, 15) is 4.79 Å². The van der Waals surface area contributed by atoms with E-state index in [1.165, 1.54) is 0 Å². The third kappa shape index (κ3) is 3.36. The van der Waals surface area contributed by atoms with Gasteiger partial charge in [-0.25, -0.2) is 0 Å². The van der Waals surface area contributed by atoms with Crippen LogP contribution < -0.4 is 10.4 Å². The van der Waals surface area contributed by atoms with E-state index in [0.29, 0.717) is 5.22 Å². The smallest absolute Gasteiger partial charge is 0.185 e. The molecule has 0 spiro atoms. The number of nitrogens with zero attached hydrogens (tertiary/aromatic N) is 2. The van der Waals surface area contributed by atoms with E-state index in [1.807, 2.05) is 64.1 Å². The standard InChI is InChI=1S/C21H20N2O/c1-13(2)19-9-17(10-20(14(3)4)21(19)24)15-5-7-16(8-6-15)18(11-22)12-23/h5-10,13-14H,1-4H3. The number of hydrogen-bond acceptors (Lipinski definition) is 3. The van der Waals surface area contributed by atoms with Crippen LogP contribution in [-0.4, -0.2) is 5.78 Å². The summed E-state index contributed by atoms with van der Waals surface area (Å²) < 4.78 is 0. The van der Waals surface area contributed by atoms with E-state index >= 15 is 0 Å². The molecule has 1 aromatic carbocycles. The Balaban J connectivity index is 2.71. The zero-order valence-electron chi connectivity index (χ0n) is 14.4. The average Bonchev–Trinajstić information content (AvgIpc) is 2.56. The van der Waals surface area contributed by atoms with Gasteiger partial charge in [0.25, 0.3) is 0 Å².